The van der Waals surface area contributed by atoms with Gasteiger partial charge >= 0.3 is 0 Å². The van der Waals surface area contributed by atoms with Crippen LogP contribution in [0.4, 0.5) is 0 Å². The Bertz CT molecular complexity index is 302. The van der Waals surface area contributed by atoms with E-state index in [1.54, 1.807) is 0 Å². The Labute approximate surface area is 104 Å². The maximum Gasteiger partial charge on any atom is 0.0573 e. The number of hydrogen-bond acceptors (Lipinski definition) is 3. The average Bonchev–Trinajstić information content (AvgIpc) is 2.38. The van der Waals surface area contributed by atoms with Gasteiger partial charge in [0.25, 0.3) is 0 Å². The second-order valence-corrected chi connectivity index (χ2v) is 4.28. The van der Waals surface area contributed by atoms with E-state index in [1.165, 1.54) is 24.1 Å². The summed E-state index contributed by atoms with van der Waals surface area (Å²) >= 11 is 0. The van der Waals surface area contributed by atoms with Crippen molar-refractivity contribution in [1.82, 2.24) is 10.3 Å². The maximum atomic E-state index is 8.65. The molecule has 0 bridgehead atoms. The molecule has 1 aromatic rings. The molecule has 0 unspecified atom stereocenters. The number of aliphatic hydroxyl groups excluding tert-OH is 1. The zero-order valence-corrected chi connectivity index (χ0v) is 10.8. The van der Waals surface area contributed by atoms with Crippen molar-refractivity contribution in [3.8, 4) is 0 Å². The van der Waals surface area contributed by atoms with Crippen LogP contribution in [0.15, 0.2) is 18.3 Å². The Kier molecular flexibility index (Phi) is 7.60. The molecule has 0 aliphatic carbocycles. The van der Waals surface area contributed by atoms with Crippen LogP contribution < -0.4 is 5.32 Å². The third-order valence-corrected chi connectivity index (χ3v) is 2.92. The molecule has 17 heavy (non-hydrogen) atoms. The van der Waals surface area contributed by atoms with Gasteiger partial charge in [-0.3, -0.25) is 4.98 Å². The number of nitrogens with one attached hydrogen (secondary N) is 1. The van der Waals surface area contributed by atoms with E-state index in [2.05, 4.69) is 23.3 Å². The minimum Gasteiger partial charge on any atom is -0.396 e. The molecule has 1 heterocycles. The van der Waals surface area contributed by atoms with E-state index in [4.69, 9.17) is 5.11 Å². The number of nitrogens with zero attached hydrogens (tertiary/aromatic N) is 1. The summed E-state index contributed by atoms with van der Waals surface area (Å²) < 4.78 is 0. The van der Waals surface area contributed by atoms with Gasteiger partial charge in [0.15, 0.2) is 0 Å². The van der Waals surface area contributed by atoms with Crippen LogP contribution in [-0.2, 0) is 13.0 Å². The third-order valence-electron chi connectivity index (χ3n) is 2.92. The average molecular weight is 236 g/mol. The van der Waals surface area contributed by atoms with Gasteiger partial charge in [-0.25, -0.2) is 0 Å². The second kappa shape index (κ2) is 9.14. The summed E-state index contributed by atoms with van der Waals surface area (Å²) in [6.45, 7) is 4.38. The number of rotatable bonds is 9. The van der Waals surface area contributed by atoms with E-state index in [9.17, 15) is 0 Å². The van der Waals surface area contributed by atoms with Crippen molar-refractivity contribution in [2.45, 2.75) is 45.6 Å². The Morgan fingerprint density at radius 1 is 1.24 bits per heavy atom. The standard InChI is InChI=1S/C14H24N2O/c1-2-13-8-7-10-16-14(13)12-15-9-5-3-4-6-11-17/h7-8,10,15,17H,2-6,9,11-12H2,1H3. The first-order chi connectivity index (χ1) is 8.38. The smallest absolute Gasteiger partial charge is 0.0573 e. The molecule has 0 saturated heterocycles. The Morgan fingerprint density at radius 2 is 2.06 bits per heavy atom. The molecule has 0 saturated carbocycles. The van der Waals surface area contributed by atoms with Gasteiger partial charge in [0.1, 0.15) is 0 Å². The molecule has 0 aliphatic rings. The maximum absolute atomic E-state index is 8.65. The van der Waals surface area contributed by atoms with Crippen molar-refractivity contribution in [3.05, 3.63) is 29.6 Å². The lowest BCUT2D eigenvalue weighted by molar-refractivity contribution is 0.282. The SMILES string of the molecule is CCc1cccnc1CNCCCCCCO. The van der Waals surface area contributed by atoms with E-state index < -0.39 is 0 Å². The van der Waals surface area contributed by atoms with Crippen LogP contribution in [0.1, 0.15) is 43.9 Å². The summed E-state index contributed by atoms with van der Waals surface area (Å²) in [4.78, 5) is 4.40. The molecule has 1 aromatic heterocycles. The molecule has 3 heteroatoms. The number of aliphatic hydroxyl groups is 1. The first-order valence-corrected chi connectivity index (χ1v) is 6.62. The molecular weight excluding hydrogens is 212 g/mol. The van der Waals surface area contributed by atoms with Crippen molar-refractivity contribution in [1.29, 1.82) is 0 Å². The molecule has 96 valence electrons. The largest absolute Gasteiger partial charge is 0.396 e. The minimum absolute atomic E-state index is 0.321. The predicted octanol–water partition coefficient (Wildman–Crippen LogP) is 2.29. The quantitative estimate of drug-likeness (QED) is 0.647. The highest BCUT2D eigenvalue weighted by atomic mass is 16.2. The Hall–Kier alpha value is -0.930. The fraction of sp³-hybridized carbons (Fsp3) is 0.643. The third kappa shape index (κ3) is 5.80. The lowest BCUT2D eigenvalue weighted by Gasteiger charge is -2.07. The molecule has 0 fully saturated rings. The number of pyridine rings is 1. The Morgan fingerprint density at radius 3 is 2.82 bits per heavy atom. The van der Waals surface area contributed by atoms with Crippen LogP contribution in [0.5, 0.6) is 0 Å². The van der Waals surface area contributed by atoms with Crippen LogP contribution in [0, 0.1) is 0 Å². The van der Waals surface area contributed by atoms with Crippen molar-refractivity contribution in [3.63, 3.8) is 0 Å². The van der Waals surface area contributed by atoms with Gasteiger partial charge in [-0.15, -0.1) is 0 Å². The highest BCUT2D eigenvalue weighted by Crippen LogP contribution is 2.05. The normalized spacial score (nSPS) is 10.7. The predicted molar refractivity (Wildman–Crippen MR) is 70.9 cm³/mol. The van der Waals surface area contributed by atoms with Gasteiger partial charge < -0.3 is 10.4 Å². The summed E-state index contributed by atoms with van der Waals surface area (Å²) in [5.41, 5.74) is 2.51. The van der Waals surface area contributed by atoms with E-state index in [0.717, 1.165) is 32.4 Å². The highest BCUT2D eigenvalue weighted by molar-refractivity contribution is 5.19. The molecule has 0 atom stereocenters. The number of aryl methyl sites for hydroxylation is 1. The lowest BCUT2D eigenvalue weighted by atomic mass is 10.1. The molecule has 3 nitrogen and oxygen atoms in total. The minimum atomic E-state index is 0.321. The number of hydrogen-bond donors (Lipinski definition) is 2. The first-order valence-electron chi connectivity index (χ1n) is 6.62. The lowest BCUT2D eigenvalue weighted by Crippen LogP contribution is -2.16. The summed E-state index contributed by atoms with van der Waals surface area (Å²) in [6, 6.07) is 4.14. The highest BCUT2D eigenvalue weighted by Gasteiger charge is 2.00. The first kappa shape index (κ1) is 14.1. The molecular formula is C14H24N2O. The van der Waals surface area contributed by atoms with Gasteiger partial charge in [-0.2, -0.15) is 0 Å². The molecule has 0 amide bonds. The van der Waals surface area contributed by atoms with Crippen LogP contribution in [-0.4, -0.2) is 23.2 Å². The summed E-state index contributed by atoms with van der Waals surface area (Å²) in [5, 5.41) is 12.1. The summed E-state index contributed by atoms with van der Waals surface area (Å²) in [7, 11) is 0. The summed E-state index contributed by atoms with van der Waals surface area (Å²) in [5.74, 6) is 0. The van der Waals surface area contributed by atoms with E-state index in [0.29, 0.717) is 6.61 Å². The fourth-order valence-corrected chi connectivity index (χ4v) is 1.87. The van der Waals surface area contributed by atoms with Crippen molar-refractivity contribution >= 4 is 0 Å². The van der Waals surface area contributed by atoms with Gasteiger partial charge in [0, 0.05) is 19.3 Å². The van der Waals surface area contributed by atoms with Crippen LogP contribution in [0.2, 0.25) is 0 Å². The van der Waals surface area contributed by atoms with E-state index in [1.807, 2.05) is 12.3 Å². The number of unbranched alkanes of at least 4 members (excludes halogenated alkanes) is 3. The van der Waals surface area contributed by atoms with E-state index >= 15 is 0 Å². The van der Waals surface area contributed by atoms with Crippen molar-refractivity contribution in [2.24, 2.45) is 0 Å². The zero-order chi connectivity index (χ0) is 12.3. The van der Waals surface area contributed by atoms with Crippen molar-refractivity contribution < 1.29 is 5.11 Å². The second-order valence-electron chi connectivity index (χ2n) is 4.28. The monoisotopic (exact) mass is 236 g/mol. The molecule has 0 spiro atoms. The van der Waals surface area contributed by atoms with Gasteiger partial charge in [-0.1, -0.05) is 25.8 Å². The van der Waals surface area contributed by atoms with Gasteiger partial charge in [0.2, 0.25) is 0 Å². The molecule has 0 aliphatic heterocycles. The van der Waals surface area contributed by atoms with Crippen LogP contribution in [0.3, 0.4) is 0 Å². The summed E-state index contributed by atoms with van der Waals surface area (Å²) in [6.07, 6.45) is 7.33. The van der Waals surface area contributed by atoms with Crippen molar-refractivity contribution in [2.75, 3.05) is 13.2 Å². The van der Waals surface area contributed by atoms with Gasteiger partial charge in [0.05, 0.1) is 5.69 Å². The zero-order valence-electron chi connectivity index (χ0n) is 10.8. The van der Waals surface area contributed by atoms with Crippen LogP contribution >= 0.6 is 0 Å². The molecule has 0 aromatic carbocycles. The molecule has 0 radical (unpaired) electrons. The molecule has 2 N–H and O–H groups in total. The molecule has 1 rings (SSSR count). The topological polar surface area (TPSA) is 45.2 Å². The van der Waals surface area contributed by atoms with Crippen LogP contribution in [0.25, 0.3) is 0 Å². The fourth-order valence-electron chi connectivity index (χ4n) is 1.87. The number of aromatic nitrogens is 1. The van der Waals surface area contributed by atoms with Gasteiger partial charge in [-0.05, 0) is 37.4 Å². The Balaban J connectivity index is 2.13. The van der Waals surface area contributed by atoms with E-state index in [-0.39, 0.29) is 0 Å².